The summed E-state index contributed by atoms with van der Waals surface area (Å²) in [4.78, 5) is 6.55. The van der Waals surface area contributed by atoms with Crippen molar-refractivity contribution in [1.82, 2.24) is 9.96 Å². The van der Waals surface area contributed by atoms with Crippen molar-refractivity contribution in [3.63, 3.8) is 0 Å². The van der Waals surface area contributed by atoms with Crippen LogP contribution in [0.15, 0.2) is 0 Å². The molecule has 0 aromatic rings. The maximum Gasteiger partial charge on any atom is 0.167 e. The lowest BCUT2D eigenvalue weighted by Crippen LogP contribution is -2.32. The summed E-state index contributed by atoms with van der Waals surface area (Å²) in [7, 11) is -0.0887. The molecule has 0 atom stereocenters. The molecule has 44 valence electrons. The van der Waals surface area contributed by atoms with E-state index in [4.69, 9.17) is 0 Å². The molecule has 0 saturated carbocycles. The Balaban J connectivity index is 2.45. The fourth-order valence-electron chi connectivity index (χ4n) is 0.338. The molecule has 0 rings (SSSR count). The molecule has 2 N–H and O–H groups in total. The summed E-state index contributed by atoms with van der Waals surface area (Å²) in [6.07, 6.45) is 0. The Hall–Kier alpha value is 0.137. The lowest BCUT2D eigenvalue weighted by molar-refractivity contribution is 0.924. The number of rotatable bonds is 4. The summed E-state index contributed by atoms with van der Waals surface area (Å²) in [5, 5.41) is 0. The van der Waals surface area contributed by atoms with Crippen LogP contribution in [0.1, 0.15) is 13.8 Å². The SMILES string of the molecule is CCN[SiH2]NCC. The molecule has 0 aliphatic rings. The lowest BCUT2D eigenvalue weighted by Gasteiger charge is -1.97. The fraction of sp³-hybridized carbons (Fsp3) is 1.00. The number of hydrogen-bond acceptors (Lipinski definition) is 2. The van der Waals surface area contributed by atoms with Gasteiger partial charge >= 0.3 is 0 Å². The maximum atomic E-state index is 3.28. The van der Waals surface area contributed by atoms with Crippen LogP contribution < -0.4 is 9.96 Å². The van der Waals surface area contributed by atoms with Gasteiger partial charge in [0, 0.05) is 0 Å². The zero-order chi connectivity index (χ0) is 5.54. The standard InChI is InChI=1S/C4H14N2Si/c1-3-5-7-6-4-2/h5-6H,3-4,7H2,1-2H3. The van der Waals surface area contributed by atoms with E-state index in [1.54, 1.807) is 0 Å². The average Bonchev–Trinajstić information content (AvgIpc) is 1.69. The molecule has 0 amide bonds. The first-order valence-electron chi connectivity index (χ1n) is 2.83. The van der Waals surface area contributed by atoms with Crippen LogP contribution in [-0.2, 0) is 0 Å². The van der Waals surface area contributed by atoms with Gasteiger partial charge in [0.15, 0.2) is 9.84 Å². The first-order chi connectivity index (χ1) is 3.41. The van der Waals surface area contributed by atoms with Gasteiger partial charge in [-0.3, -0.25) is 0 Å². The zero-order valence-electron chi connectivity index (χ0n) is 5.12. The molecule has 7 heavy (non-hydrogen) atoms. The van der Waals surface area contributed by atoms with Gasteiger partial charge in [0.2, 0.25) is 0 Å². The van der Waals surface area contributed by atoms with E-state index in [2.05, 4.69) is 23.8 Å². The van der Waals surface area contributed by atoms with Gasteiger partial charge < -0.3 is 9.96 Å². The van der Waals surface area contributed by atoms with Gasteiger partial charge in [-0.15, -0.1) is 0 Å². The molecule has 0 fully saturated rings. The lowest BCUT2D eigenvalue weighted by atomic mass is 10.8. The molecule has 0 radical (unpaired) electrons. The highest BCUT2D eigenvalue weighted by atomic mass is 28.2. The molecule has 0 spiro atoms. The minimum atomic E-state index is -0.0887. The van der Waals surface area contributed by atoms with Crippen LogP contribution in [0.3, 0.4) is 0 Å². The maximum absolute atomic E-state index is 3.28. The zero-order valence-corrected chi connectivity index (χ0v) is 6.54. The van der Waals surface area contributed by atoms with Crippen molar-refractivity contribution in [1.29, 1.82) is 0 Å². The average molecular weight is 118 g/mol. The Kier molecular flexibility index (Phi) is 6.26. The van der Waals surface area contributed by atoms with Crippen LogP contribution >= 0.6 is 0 Å². The molecule has 0 aromatic carbocycles. The van der Waals surface area contributed by atoms with E-state index in [0.29, 0.717) is 0 Å². The fourth-order valence-corrected chi connectivity index (χ4v) is 1.02. The normalized spacial score (nSPS) is 9.43. The second-order valence-corrected chi connectivity index (χ2v) is 2.74. The quantitative estimate of drug-likeness (QED) is 0.373. The van der Waals surface area contributed by atoms with Crippen molar-refractivity contribution in [2.24, 2.45) is 0 Å². The van der Waals surface area contributed by atoms with Gasteiger partial charge in [0.1, 0.15) is 0 Å². The first kappa shape index (κ1) is 7.14. The van der Waals surface area contributed by atoms with Crippen molar-refractivity contribution in [3.05, 3.63) is 0 Å². The van der Waals surface area contributed by atoms with Crippen LogP contribution in [0.4, 0.5) is 0 Å². The Morgan fingerprint density at radius 3 is 1.86 bits per heavy atom. The smallest absolute Gasteiger partial charge is 0.167 e. The summed E-state index contributed by atoms with van der Waals surface area (Å²) in [5.41, 5.74) is 0. The summed E-state index contributed by atoms with van der Waals surface area (Å²) in [6.45, 7) is 6.48. The van der Waals surface area contributed by atoms with Gasteiger partial charge in [-0.05, 0) is 13.1 Å². The largest absolute Gasteiger partial charge is 0.331 e. The van der Waals surface area contributed by atoms with Gasteiger partial charge in [-0.25, -0.2) is 0 Å². The third-order valence-electron chi connectivity index (χ3n) is 0.750. The van der Waals surface area contributed by atoms with Gasteiger partial charge in [0.05, 0.1) is 0 Å². The molecule has 0 aliphatic carbocycles. The van der Waals surface area contributed by atoms with Crippen molar-refractivity contribution >= 4 is 9.84 Å². The van der Waals surface area contributed by atoms with E-state index in [1.807, 2.05) is 0 Å². The van der Waals surface area contributed by atoms with Crippen LogP contribution in [0, 0.1) is 0 Å². The molecule has 3 heteroatoms. The van der Waals surface area contributed by atoms with Gasteiger partial charge in [0.25, 0.3) is 0 Å². The van der Waals surface area contributed by atoms with E-state index >= 15 is 0 Å². The highest BCUT2D eigenvalue weighted by molar-refractivity contribution is 6.28. The van der Waals surface area contributed by atoms with Gasteiger partial charge in [-0.2, -0.15) is 0 Å². The number of nitrogens with one attached hydrogen (secondary N) is 2. The van der Waals surface area contributed by atoms with Crippen LogP contribution in [0.5, 0.6) is 0 Å². The minimum Gasteiger partial charge on any atom is -0.331 e. The second-order valence-electron chi connectivity index (χ2n) is 1.38. The summed E-state index contributed by atoms with van der Waals surface area (Å²) in [6, 6.07) is 0. The summed E-state index contributed by atoms with van der Waals surface area (Å²) >= 11 is 0. The highest BCUT2D eigenvalue weighted by Gasteiger charge is 1.76. The third-order valence-corrected chi connectivity index (χ3v) is 2.25. The molecule has 0 aromatic heterocycles. The predicted molar refractivity (Wildman–Crippen MR) is 35.9 cm³/mol. The molecular weight excluding hydrogens is 104 g/mol. The molecule has 0 aliphatic heterocycles. The van der Waals surface area contributed by atoms with Gasteiger partial charge in [-0.1, -0.05) is 13.8 Å². The van der Waals surface area contributed by atoms with Crippen molar-refractivity contribution in [3.8, 4) is 0 Å². The third kappa shape index (κ3) is 6.14. The minimum absolute atomic E-state index is 0.0887. The summed E-state index contributed by atoms with van der Waals surface area (Å²) < 4.78 is 0. The van der Waals surface area contributed by atoms with Crippen LogP contribution in [0.2, 0.25) is 0 Å². The highest BCUT2D eigenvalue weighted by Crippen LogP contribution is 1.47. The molecule has 0 bridgehead atoms. The van der Waals surface area contributed by atoms with Crippen molar-refractivity contribution in [2.45, 2.75) is 13.8 Å². The first-order valence-corrected chi connectivity index (χ1v) is 4.24. The van der Waals surface area contributed by atoms with E-state index in [0.717, 1.165) is 13.1 Å². The van der Waals surface area contributed by atoms with Crippen molar-refractivity contribution in [2.75, 3.05) is 13.1 Å². The van der Waals surface area contributed by atoms with E-state index in [1.165, 1.54) is 0 Å². The molecule has 0 heterocycles. The van der Waals surface area contributed by atoms with Crippen molar-refractivity contribution < 1.29 is 0 Å². The topological polar surface area (TPSA) is 24.1 Å². The molecule has 2 nitrogen and oxygen atoms in total. The molecule has 0 unspecified atom stereocenters. The predicted octanol–water partition coefficient (Wildman–Crippen LogP) is -0.796. The van der Waals surface area contributed by atoms with E-state index in [-0.39, 0.29) is 9.84 Å². The Labute approximate surface area is 47.7 Å². The van der Waals surface area contributed by atoms with Crippen LogP contribution in [-0.4, -0.2) is 22.9 Å². The van der Waals surface area contributed by atoms with E-state index < -0.39 is 0 Å². The number of hydrogen-bond donors (Lipinski definition) is 2. The molecular formula is C4H14N2Si. The Bertz CT molecular complexity index is 28.9. The van der Waals surface area contributed by atoms with Crippen LogP contribution in [0.25, 0.3) is 0 Å². The summed E-state index contributed by atoms with van der Waals surface area (Å²) in [5.74, 6) is 0. The Morgan fingerprint density at radius 1 is 1.14 bits per heavy atom. The Morgan fingerprint density at radius 2 is 1.57 bits per heavy atom. The second kappa shape index (κ2) is 6.14. The van der Waals surface area contributed by atoms with E-state index in [9.17, 15) is 0 Å². The molecule has 0 saturated heterocycles. The monoisotopic (exact) mass is 118 g/mol.